The van der Waals surface area contributed by atoms with Gasteiger partial charge in [0, 0.05) is 36.6 Å². The van der Waals surface area contributed by atoms with E-state index in [0.29, 0.717) is 31.0 Å². The first kappa shape index (κ1) is 23.2. The van der Waals surface area contributed by atoms with Gasteiger partial charge in [-0.15, -0.1) is 0 Å². The van der Waals surface area contributed by atoms with Gasteiger partial charge in [-0.05, 0) is 61.0 Å². The zero-order chi connectivity index (χ0) is 25.1. The molecule has 1 aliphatic rings. The molecule has 7 nitrogen and oxygen atoms in total. The number of amides is 1. The molecule has 0 radical (unpaired) electrons. The summed E-state index contributed by atoms with van der Waals surface area (Å²) in [6.07, 6.45) is 0.455. The molecule has 1 unspecified atom stereocenters. The van der Waals surface area contributed by atoms with Crippen molar-refractivity contribution >= 4 is 11.9 Å². The van der Waals surface area contributed by atoms with E-state index in [1.54, 1.807) is 29.2 Å². The van der Waals surface area contributed by atoms with Crippen LogP contribution >= 0.6 is 0 Å². The topological polar surface area (TPSA) is 92.6 Å². The second kappa shape index (κ2) is 10.00. The van der Waals surface area contributed by atoms with Crippen LogP contribution in [0.15, 0.2) is 84.9 Å². The fraction of sp³-hybridized carbons (Fsp3) is 0.172. The second-order valence-corrected chi connectivity index (χ2v) is 8.90. The Morgan fingerprint density at radius 2 is 1.78 bits per heavy atom. The molecule has 1 fully saturated rings. The Morgan fingerprint density at radius 3 is 2.47 bits per heavy atom. The number of hydrogen-bond donors (Lipinski definition) is 1. The number of carboxylic acids is 1. The first-order valence-corrected chi connectivity index (χ1v) is 11.7. The molecule has 1 amide bonds. The van der Waals surface area contributed by atoms with Crippen LogP contribution < -0.4 is 4.74 Å². The van der Waals surface area contributed by atoms with Crippen LogP contribution in [0.1, 0.15) is 39.5 Å². The van der Waals surface area contributed by atoms with E-state index in [1.807, 2.05) is 61.5 Å². The van der Waals surface area contributed by atoms with E-state index in [9.17, 15) is 14.7 Å². The summed E-state index contributed by atoms with van der Waals surface area (Å²) in [7, 11) is 0. The Bertz CT molecular complexity index is 1390. The van der Waals surface area contributed by atoms with E-state index in [2.05, 4.69) is 10.2 Å². The summed E-state index contributed by atoms with van der Waals surface area (Å²) in [5.74, 6) is 0.131. The van der Waals surface area contributed by atoms with Gasteiger partial charge in [-0.1, -0.05) is 36.4 Å². The molecule has 180 valence electrons. The minimum Gasteiger partial charge on any atom is -0.478 e. The number of aromatic nitrogens is 2. The summed E-state index contributed by atoms with van der Waals surface area (Å²) in [5.41, 5.74) is 4.50. The van der Waals surface area contributed by atoms with Gasteiger partial charge < -0.3 is 14.7 Å². The van der Waals surface area contributed by atoms with Crippen LogP contribution in [0.5, 0.6) is 11.5 Å². The zero-order valence-electron chi connectivity index (χ0n) is 19.8. The number of aryl methyl sites for hydroxylation is 1. The van der Waals surface area contributed by atoms with Crippen molar-refractivity contribution in [1.82, 2.24) is 15.1 Å². The highest BCUT2D eigenvalue weighted by Gasteiger charge is 2.31. The lowest BCUT2D eigenvalue weighted by atomic mass is 9.98. The quantitative estimate of drug-likeness (QED) is 0.378. The second-order valence-electron chi connectivity index (χ2n) is 8.90. The molecule has 0 bridgehead atoms. The number of carbonyl (C=O) groups excluding carboxylic acids is 1. The van der Waals surface area contributed by atoms with Crippen molar-refractivity contribution in [3.05, 3.63) is 107 Å². The van der Waals surface area contributed by atoms with Crippen LogP contribution in [0.3, 0.4) is 0 Å². The highest BCUT2D eigenvalue weighted by atomic mass is 16.5. The number of rotatable bonds is 7. The van der Waals surface area contributed by atoms with Gasteiger partial charge in [-0.2, -0.15) is 10.2 Å². The molecule has 1 aliphatic heterocycles. The predicted octanol–water partition coefficient (Wildman–Crippen LogP) is 5.46. The summed E-state index contributed by atoms with van der Waals surface area (Å²) < 4.78 is 6.13. The van der Waals surface area contributed by atoms with Crippen LogP contribution in [0, 0.1) is 6.92 Å². The maximum Gasteiger partial charge on any atom is 0.335 e. The number of aromatic carboxylic acids is 1. The largest absolute Gasteiger partial charge is 0.478 e. The number of carbonyl (C=O) groups is 2. The van der Waals surface area contributed by atoms with Crippen molar-refractivity contribution in [3.8, 4) is 22.8 Å². The van der Waals surface area contributed by atoms with Crippen molar-refractivity contribution in [3.63, 3.8) is 0 Å². The third-order valence-corrected chi connectivity index (χ3v) is 6.34. The SMILES string of the molecule is Cc1ccc(-c2ccc(Oc3cc(C(=O)O)ccc3CN3CC(c4ccccc4)CC3=O)cc2)nn1. The van der Waals surface area contributed by atoms with E-state index in [4.69, 9.17) is 4.74 Å². The molecule has 2 heterocycles. The van der Waals surface area contributed by atoms with Crippen LogP contribution in [0.2, 0.25) is 0 Å². The molecule has 0 saturated carbocycles. The average Bonchev–Trinajstić information content (AvgIpc) is 3.26. The van der Waals surface area contributed by atoms with Crippen molar-refractivity contribution in [1.29, 1.82) is 0 Å². The van der Waals surface area contributed by atoms with Crippen molar-refractivity contribution in [2.45, 2.75) is 25.8 Å². The van der Waals surface area contributed by atoms with E-state index in [0.717, 1.165) is 28.1 Å². The van der Waals surface area contributed by atoms with Crippen LogP contribution in [-0.2, 0) is 11.3 Å². The number of likely N-dealkylation sites (tertiary alicyclic amines) is 1. The Hall–Kier alpha value is -4.52. The normalized spacial score (nSPS) is 15.2. The summed E-state index contributed by atoms with van der Waals surface area (Å²) >= 11 is 0. The van der Waals surface area contributed by atoms with Gasteiger partial charge in [0.15, 0.2) is 0 Å². The minimum atomic E-state index is -1.04. The summed E-state index contributed by atoms with van der Waals surface area (Å²) in [6.45, 7) is 2.83. The smallest absolute Gasteiger partial charge is 0.335 e. The summed E-state index contributed by atoms with van der Waals surface area (Å²) in [5, 5.41) is 17.8. The zero-order valence-corrected chi connectivity index (χ0v) is 19.8. The molecule has 36 heavy (non-hydrogen) atoms. The number of carboxylic acid groups (broad SMARTS) is 1. The van der Waals surface area contributed by atoms with Gasteiger partial charge in [0.1, 0.15) is 11.5 Å². The van der Waals surface area contributed by atoms with E-state index < -0.39 is 5.97 Å². The number of nitrogens with zero attached hydrogens (tertiary/aromatic N) is 3. The molecule has 1 atom stereocenters. The van der Waals surface area contributed by atoms with Gasteiger partial charge in [0.05, 0.1) is 17.0 Å². The maximum absolute atomic E-state index is 12.8. The Labute approximate surface area is 209 Å². The maximum atomic E-state index is 12.8. The highest BCUT2D eigenvalue weighted by Crippen LogP contribution is 2.33. The molecule has 1 saturated heterocycles. The number of hydrogen-bond acceptors (Lipinski definition) is 5. The highest BCUT2D eigenvalue weighted by molar-refractivity contribution is 5.88. The monoisotopic (exact) mass is 479 g/mol. The molecule has 4 aromatic rings. The van der Waals surface area contributed by atoms with Crippen molar-refractivity contribution < 1.29 is 19.4 Å². The van der Waals surface area contributed by atoms with Gasteiger partial charge in [-0.25, -0.2) is 4.79 Å². The van der Waals surface area contributed by atoms with Gasteiger partial charge in [0.2, 0.25) is 5.91 Å². The Balaban J connectivity index is 1.37. The summed E-state index contributed by atoms with van der Waals surface area (Å²) in [4.78, 5) is 26.2. The fourth-order valence-electron chi connectivity index (χ4n) is 4.37. The number of ether oxygens (including phenoxy) is 1. The molecule has 5 rings (SSSR count). The Morgan fingerprint density at radius 1 is 1.00 bits per heavy atom. The lowest BCUT2D eigenvalue weighted by Crippen LogP contribution is -2.24. The molecule has 0 spiro atoms. The molecule has 0 aliphatic carbocycles. The lowest BCUT2D eigenvalue weighted by Gasteiger charge is -2.20. The molecule has 1 N–H and O–H groups in total. The van der Waals surface area contributed by atoms with Crippen molar-refractivity contribution in [2.75, 3.05) is 6.54 Å². The molecule has 3 aromatic carbocycles. The van der Waals surface area contributed by atoms with Crippen molar-refractivity contribution in [2.24, 2.45) is 0 Å². The standard InChI is InChI=1S/C29H25N3O4/c1-19-7-14-26(31-30-19)21-10-12-25(13-11-21)36-27-15-22(29(34)35)8-9-23(27)17-32-18-24(16-28(32)33)20-5-3-2-4-6-20/h2-15,24H,16-18H2,1H3,(H,34,35). The molecular formula is C29H25N3O4. The minimum absolute atomic E-state index is 0.0701. The average molecular weight is 480 g/mol. The predicted molar refractivity (Wildman–Crippen MR) is 135 cm³/mol. The first-order valence-electron chi connectivity index (χ1n) is 11.7. The first-order chi connectivity index (χ1) is 17.5. The van der Waals surface area contributed by atoms with Gasteiger partial charge in [-0.3, -0.25) is 4.79 Å². The van der Waals surface area contributed by atoms with E-state index in [-0.39, 0.29) is 17.4 Å². The third-order valence-electron chi connectivity index (χ3n) is 6.34. The fourth-order valence-corrected chi connectivity index (χ4v) is 4.37. The van der Waals surface area contributed by atoms with Gasteiger partial charge in [0.25, 0.3) is 0 Å². The van der Waals surface area contributed by atoms with Crippen LogP contribution in [0.25, 0.3) is 11.3 Å². The number of benzene rings is 3. The molecule has 1 aromatic heterocycles. The lowest BCUT2D eigenvalue weighted by molar-refractivity contribution is -0.128. The van der Waals surface area contributed by atoms with Crippen LogP contribution in [-0.4, -0.2) is 38.6 Å². The summed E-state index contributed by atoms with van der Waals surface area (Å²) in [6, 6.07) is 26.0. The van der Waals surface area contributed by atoms with E-state index >= 15 is 0 Å². The Kier molecular flexibility index (Phi) is 6.45. The molecular weight excluding hydrogens is 454 g/mol. The third kappa shape index (κ3) is 5.10. The molecule has 7 heteroatoms. The van der Waals surface area contributed by atoms with E-state index in [1.165, 1.54) is 6.07 Å². The van der Waals surface area contributed by atoms with Crippen LogP contribution in [0.4, 0.5) is 0 Å². The van der Waals surface area contributed by atoms with Gasteiger partial charge >= 0.3 is 5.97 Å².